The van der Waals surface area contributed by atoms with Gasteiger partial charge in [0.1, 0.15) is 5.72 Å². The lowest BCUT2D eigenvalue weighted by Gasteiger charge is -2.24. The van der Waals surface area contributed by atoms with E-state index in [2.05, 4.69) is 10.9 Å². The van der Waals surface area contributed by atoms with Crippen molar-refractivity contribution in [2.45, 2.75) is 25.7 Å². The van der Waals surface area contributed by atoms with Crippen LogP contribution in [-0.4, -0.2) is 26.0 Å². The van der Waals surface area contributed by atoms with Crippen molar-refractivity contribution in [1.29, 1.82) is 0 Å². The normalized spacial score (nSPS) is 27.3. The Labute approximate surface area is 66.0 Å². The Morgan fingerprint density at radius 1 is 1.09 bits per heavy atom. The summed E-state index contributed by atoms with van der Waals surface area (Å²) in [4.78, 5) is 0. The zero-order valence-corrected chi connectivity index (χ0v) is 7.22. The molecule has 0 spiro atoms. The molecule has 0 atom stereocenters. The molecule has 0 bridgehead atoms. The molecule has 2 N–H and O–H groups in total. The van der Waals surface area contributed by atoms with Gasteiger partial charge in [0.15, 0.2) is 0 Å². The first kappa shape index (κ1) is 8.89. The molecule has 1 aliphatic rings. The molecule has 1 heterocycles. The van der Waals surface area contributed by atoms with Crippen molar-refractivity contribution in [3.8, 4) is 0 Å². The maximum atomic E-state index is 5.37. The second-order valence-electron chi connectivity index (χ2n) is 2.83. The van der Waals surface area contributed by atoms with Gasteiger partial charge in [-0.1, -0.05) is 0 Å². The first-order chi connectivity index (χ1) is 5.04. The summed E-state index contributed by atoms with van der Waals surface area (Å²) in [6.45, 7) is 3.72. The number of hydrogen-bond acceptors (Lipinski definition) is 5. The minimum absolute atomic E-state index is 0.480. The van der Waals surface area contributed by atoms with Gasteiger partial charge in [-0.05, 0) is 13.8 Å². The van der Waals surface area contributed by atoms with Gasteiger partial charge in [-0.2, -0.15) is 5.43 Å². The summed E-state index contributed by atoms with van der Waals surface area (Å²) in [7, 11) is 3.00. The van der Waals surface area contributed by atoms with Gasteiger partial charge in [-0.25, -0.2) is 5.43 Å². The quantitative estimate of drug-likeness (QED) is 0.548. The van der Waals surface area contributed by atoms with E-state index in [1.54, 1.807) is 0 Å². The van der Waals surface area contributed by atoms with E-state index in [1.807, 2.05) is 13.8 Å². The molecule has 66 valence electrons. The standard InChI is InChI=1S/C6H14N2O3/c1-5(2)7-8-6(9-3,10-4)11-5/h7-8H,1-4H3. The molecule has 5 heteroatoms. The summed E-state index contributed by atoms with van der Waals surface area (Å²) in [5.41, 5.74) is 5.13. The molecule has 0 aromatic carbocycles. The maximum absolute atomic E-state index is 5.37. The smallest absolute Gasteiger partial charge is 0.317 e. The van der Waals surface area contributed by atoms with Crippen molar-refractivity contribution in [1.82, 2.24) is 10.9 Å². The van der Waals surface area contributed by atoms with Gasteiger partial charge in [0, 0.05) is 14.2 Å². The second kappa shape index (κ2) is 2.69. The van der Waals surface area contributed by atoms with E-state index >= 15 is 0 Å². The fourth-order valence-corrected chi connectivity index (χ4v) is 0.883. The molecule has 0 saturated carbocycles. The highest BCUT2D eigenvalue weighted by Crippen LogP contribution is 2.22. The van der Waals surface area contributed by atoms with Crippen LogP contribution in [0, 0.1) is 0 Å². The van der Waals surface area contributed by atoms with Gasteiger partial charge in [-0.3, -0.25) is 4.74 Å². The zero-order chi connectivity index (χ0) is 8.54. The van der Waals surface area contributed by atoms with Crippen molar-refractivity contribution in [3.63, 3.8) is 0 Å². The van der Waals surface area contributed by atoms with E-state index in [1.165, 1.54) is 14.2 Å². The molecule has 11 heavy (non-hydrogen) atoms. The highest BCUT2D eigenvalue weighted by Gasteiger charge is 2.45. The van der Waals surface area contributed by atoms with Crippen molar-refractivity contribution in [2.24, 2.45) is 0 Å². The Kier molecular flexibility index (Phi) is 2.17. The van der Waals surface area contributed by atoms with Gasteiger partial charge in [0.25, 0.3) is 0 Å². The zero-order valence-electron chi connectivity index (χ0n) is 7.22. The Bertz CT molecular complexity index is 145. The van der Waals surface area contributed by atoms with Crippen LogP contribution in [0.1, 0.15) is 13.8 Å². The van der Waals surface area contributed by atoms with Crippen LogP contribution in [0.5, 0.6) is 0 Å². The predicted octanol–water partition coefficient (Wildman–Crippen LogP) is -0.249. The van der Waals surface area contributed by atoms with Crippen LogP contribution in [0.25, 0.3) is 0 Å². The first-order valence-electron chi connectivity index (χ1n) is 3.38. The summed E-state index contributed by atoms with van der Waals surface area (Å²) in [6.07, 6.45) is -1.15. The van der Waals surface area contributed by atoms with E-state index in [0.717, 1.165) is 0 Å². The van der Waals surface area contributed by atoms with Crippen LogP contribution in [0.2, 0.25) is 0 Å². The molecule has 1 aliphatic heterocycles. The molecule has 0 radical (unpaired) electrons. The van der Waals surface area contributed by atoms with Crippen molar-refractivity contribution in [2.75, 3.05) is 14.2 Å². The summed E-state index contributed by atoms with van der Waals surface area (Å²) < 4.78 is 15.3. The van der Waals surface area contributed by atoms with Gasteiger partial charge < -0.3 is 9.47 Å². The van der Waals surface area contributed by atoms with E-state index < -0.39 is 11.8 Å². The average molecular weight is 162 g/mol. The third kappa shape index (κ3) is 1.69. The highest BCUT2D eigenvalue weighted by atomic mass is 16.9. The largest absolute Gasteiger partial charge is 0.365 e. The van der Waals surface area contributed by atoms with Crippen LogP contribution >= 0.6 is 0 Å². The molecule has 1 rings (SSSR count). The molecule has 0 unspecified atom stereocenters. The molecule has 0 aliphatic carbocycles. The fourth-order valence-electron chi connectivity index (χ4n) is 0.883. The van der Waals surface area contributed by atoms with Crippen LogP contribution in [0.4, 0.5) is 0 Å². The van der Waals surface area contributed by atoms with Crippen molar-refractivity contribution >= 4 is 0 Å². The maximum Gasteiger partial charge on any atom is 0.365 e. The number of methoxy groups -OCH3 is 2. The molecule has 0 amide bonds. The third-order valence-electron chi connectivity index (χ3n) is 1.44. The molecular weight excluding hydrogens is 148 g/mol. The molecule has 1 fully saturated rings. The lowest BCUT2D eigenvalue weighted by Crippen LogP contribution is -2.48. The number of ether oxygens (including phenoxy) is 3. The second-order valence-corrected chi connectivity index (χ2v) is 2.83. The monoisotopic (exact) mass is 162 g/mol. The lowest BCUT2D eigenvalue weighted by atomic mass is 10.3. The van der Waals surface area contributed by atoms with Crippen LogP contribution in [-0.2, 0) is 14.2 Å². The Morgan fingerprint density at radius 2 is 1.64 bits per heavy atom. The van der Waals surface area contributed by atoms with Gasteiger partial charge in [0.05, 0.1) is 0 Å². The highest BCUT2D eigenvalue weighted by molar-refractivity contribution is 4.72. The van der Waals surface area contributed by atoms with E-state index in [9.17, 15) is 0 Å². The van der Waals surface area contributed by atoms with E-state index in [0.29, 0.717) is 0 Å². The van der Waals surface area contributed by atoms with Crippen molar-refractivity contribution in [3.05, 3.63) is 0 Å². The molecule has 0 aromatic rings. The summed E-state index contributed by atoms with van der Waals surface area (Å²) in [6, 6.07) is 0. The summed E-state index contributed by atoms with van der Waals surface area (Å²) in [5, 5.41) is 0. The predicted molar refractivity (Wildman–Crippen MR) is 38.2 cm³/mol. The fraction of sp³-hybridized carbons (Fsp3) is 1.00. The number of hydrazine groups is 1. The Hall–Kier alpha value is -0.200. The van der Waals surface area contributed by atoms with Gasteiger partial charge >= 0.3 is 6.10 Å². The number of nitrogens with one attached hydrogen (secondary N) is 2. The average Bonchev–Trinajstić information content (AvgIpc) is 2.28. The summed E-state index contributed by atoms with van der Waals surface area (Å²) in [5.74, 6) is 0. The molecule has 5 nitrogen and oxygen atoms in total. The van der Waals surface area contributed by atoms with Crippen LogP contribution in [0.15, 0.2) is 0 Å². The third-order valence-corrected chi connectivity index (χ3v) is 1.44. The van der Waals surface area contributed by atoms with Crippen LogP contribution in [0.3, 0.4) is 0 Å². The van der Waals surface area contributed by atoms with Crippen molar-refractivity contribution < 1.29 is 14.2 Å². The Morgan fingerprint density at radius 3 is 1.82 bits per heavy atom. The number of hydrogen-bond donors (Lipinski definition) is 2. The number of rotatable bonds is 2. The van der Waals surface area contributed by atoms with E-state index in [4.69, 9.17) is 14.2 Å². The molecule has 0 aromatic heterocycles. The lowest BCUT2D eigenvalue weighted by molar-refractivity contribution is -0.373. The molecule has 1 saturated heterocycles. The SMILES string of the molecule is COC1(OC)NNC(C)(C)O1. The van der Waals surface area contributed by atoms with Gasteiger partial charge in [0.2, 0.25) is 0 Å². The minimum Gasteiger partial charge on any atom is -0.317 e. The van der Waals surface area contributed by atoms with Crippen LogP contribution < -0.4 is 10.9 Å². The Balaban J connectivity index is 2.62. The first-order valence-corrected chi connectivity index (χ1v) is 3.38. The topological polar surface area (TPSA) is 51.8 Å². The summed E-state index contributed by atoms with van der Waals surface area (Å²) >= 11 is 0. The molecular formula is C6H14N2O3. The minimum atomic E-state index is -1.15. The van der Waals surface area contributed by atoms with Gasteiger partial charge in [-0.15, -0.1) is 0 Å². The van der Waals surface area contributed by atoms with E-state index in [-0.39, 0.29) is 0 Å².